The standard InChI is InChI=1S/C21H19N5O/c1-15-12-20(24-21(23-15)17-6-4-3-5-7-17)26(2)14-18-13-19(25-27-18)16-8-10-22-11-9-16/h3-13H,14H2,1-2H3. The highest BCUT2D eigenvalue weighted by Gasteiger charge is 2.12. The van der Waals surface area contributed by atoms with Crippen LogP contribution in [0.1, 0.15) is 11.5 Å². The smallest absolute Gasteiger partial charge is 0.161 e. The number of hydrogen-bond acceptors (Lipinski definition) is 6. The lowest BCUT2D eigenvalue weighted by Gasteiger charge is -2.17. The van der Waals surface area contributed by atoms with E-state index < -0.39 is 0 Å². The average Bonchev–Trinajstić information content (AvgIpc) is 3.17. The van der Waals surface area contributed by atoms with Gasteiger partial charge in [0.25, 0.3) is 0 Å². The fourth-order valence-electron chi connectivity index (χ4n) is 2.82. The van der Waals surface area contributed by atoms with E-state index in [2.05, 4.69) is 15.1 Å². The molecule has 3 aromatic heterocycles. The molecule has 0 bridgehead atoms. The molecule has 0 saturated heterocycles. The minimum absolute atomic E-state index is 0.558. The van der Waals surface area contributed by atoms with Gasteiger partial charge in [0, 0.05) is 48.4 Å². The number of hydrogen-bond donors (Lipinski definition) is 0. The molecule has 0 aliphatic rings. The summed E-state index contributed by atoms with van der Waals surface area (Å²) in [4.78, 5) is 15.3. The van der Waals surface area contributed by atoms with Crippen molar-refractivity contribution in [1.29, 1.82) is 0 Å². The van der Waals surface area contributed by atoms with Crippen molar-refractivity contribution in [3.63, 3.8) is 0 Å². The van der Waals surface area contributed by atoms with Crippen LogP contribution in [0.15, 0.2) is 71.5 Å². The normalized spacial score (nSPS) is 10.7. The molecule has 0 aliphatic heterocycles. The highest BCUT2D eigenvalue weighted by atomic mass is 16.5. The second kappa shape index (κ2) is 7.37. The van der Waals surface area contributed by atoms with Gasteiger partial charge in [-0.1, -0.05) is 35.5 Å². The van der Waals surface area contributed by atoms with Crippen LogP contribution in [0.4, 0.5) is 5.82 Å². The molecular weight excluding hydrogens is 338 g/mol. The van der Waals surface area contributed by atoms with Crippen LogP contribution in [-0.2, 0) is 6.54 Å². The molecule has 0 unspecified atom stereocenters. The molecule has 0 atom stereocenters. The maximum Gasteiger partial charge on any atom is 0.161 e. The highest BCUT2D eigenvalue weighted by molar-refractivity contribution is 5.59. The third-order valence-corrected chi connectivity index (χ3v) is 4.19. The fourth-order valence-corrected chi connectivity index (χ4v) is 2.82. The van der Waals surface area contributed by atoms with Crippen LogP contribution in [-0.4, -0.2) is 27.2 Å². The molecule has 0 saturated carbocycles. The number of anilines is 1. The van der Waals surface area contributed by atoms with Crippen molar-refractivity contribution in [2.45, 2.75) is 13.5 Å². The van der Waals surface area contributed by atoms with Crippen LogP contribution < -0.4 is 4.90 Å². The maximum atomic E-state index is 5.50. The van der Waals surface area contributed by atoms with Crippen LogP contribution in [0.25, 0.3) is 22.6 Å². The molecule has 0 spiro atoms. The van der Waals surface area contributed by atoms with Crippen LogP contribution in [0.5, 0.6) is 0 Å². The van der Waals surface area contributed by atoms with Gasteiger partial charge < -0.3 is 9.42 Å². The predicted octanol–water partition coefficient (Wildman–Crippen LogP) is 4.14. The SMILES string of the molecule is Cc1cc(N(C)Cc2cc(-c3ccncc3)no2)nc(-c2ccccc2)n1. The Morgan fingerprint density at radius 1 is 0.926 bits per heavy atom. The van der Waals surface area contributed by atoms with Gasteiger partial charge in [0.1, 0.15) is 11.5 Å². The number of aromatic nitrogens is 4. The first-order valence-electron chi connectivity index (χ1n) is 8.67. The Bertz CT molecular complexity index is 1030. The molecule has 3 heterocycles. The first-order valence-corrected chi connectivity index (χ1v) is 8.67. The summed E-state index contributed by atoms with van der Waals surface area (Å²) in [6.07, 6.45) is 3.48. The zero-order valence-corrected chi connectivity index (χ0v) is 15.2. The molecular formula is C21H19N5O. The summed E-state index contributed by atoms with van der Waals surface area (Å²) in [5.41, 5.74) is 3.69. The number of pyridine rings is 1. The summed E-state index contributed by atoms with van der Waals surface area (Å²) >= 11 is 0. The van der Waals surface area contributed by atoms with Crippen LogP contribution in [0.3, 0.4) is 0 Å². The Morgan fingerprint density at radius 3 is 2.48 bits per heavy atom. The molecule has 6 heteroatoms. The quantitative estimate of drug-likeness (QED) is 0.535. The van der Waals surface area contributed by atoms with Gasteiger partial charge in [-0.3, -0.25) is 4.98 Å². The van der Waals surface area contributed by atoms with Crippen LogP contribution in [0, 0.1) is 6.92 Å². The Labute approximate surface area is 157 Å². The Kier molecular flexibility index (Phi) is 4.61. The van der Waals surface area contributed by atoms with Crippen molar-refractivity contribution < 1.29 is 4.52 Å². The minimum Gasteiger partial charge on any atom is -0.359 e. The van der Waals surface area contributed by atoms with Gasteiger partial charge in [-0.2, -0.15) is 0 Å². The summed E-state index contributed by atoms with van der Waals surface area (Å²) in [6, 6.07) is 17.7. The van der Waals surface area contributed by atoms with E-state index >= 15 is 0 Å². The largest absolute Gasteiger partial charge is 0.359 e. The van der Waals surface area contributed by atoms with E-state index in [1.165, 1.54) is 0 Å². The molecule has 6 nitrogen and oxygen atoms in total. The van der Waals surface area contributed by atoms with Gasteiger partial charge in [0.05, 0.1) is 6.54 Å². The lowest BCUT2D eigenvalue weighted by molar-refractivity contribution is 0.384. The fraction of sp³-hybridized carbons (Fsp3) is 0.143. The van der Waals surface area contributed by atoms with Gasteiger partial charge in [0.15, 0.2) is 11.6 Å². The number of rotatable bonds is 5. The van der Waals surface area contributed by atoms with Gasteiger partial charge in [0.2, 0.25) is 0 Å². The van der Waals surface area contributed by atoms with Crippen molar-refractivity contribution in [3.8, 4) is 22.6 Å². The van der Waals surface area contributed by atoms with Crippen LogP contribution in [0.2, 0.25) is 0 Å². The lowest BCUT2D eigenvalue weighted by atomic mass is 10.2. The predicted molar refractivity (Wildman–Crippen MR) is 104 cm³/mol. The van der Waals surface area contributed by atoms with Gasteiger partial charge in [-0.25, -0.2) is 9.97 Å². The molecule has 4 rings (SSSR count). The van der Waals surface area contributed by atoms with Crippen molar-refractivity contribution in [2.75, 3.05) is 11.9 Å². The molecule has 0 amide bonds. The molecule has 27 heavy (non-hydrogen) atoms. The second-order valence-electron chi connectivity index (χ2n) is 6.33. The Hall–Kier alpha value is -3.54. The molecule has 4 aromatic rings. The lowest BCUT2D eigenvalue weighted by Crippen LogP contribution is -2.18. The van der Waals surface area contributed by atoms with Gasteiger partial charge in [-0.15, -0.1) is 0 Å². The van der Waals surface area contributed by atoms with Crippen LogP contribution >= 0.6 is 0 Å². The zero-order chi connectivity index (χ0) is 18.6. The monoisotopic (exact) mass is 357 g/mol. The third kappa shape index (κ3) is 3.84. The van der Waals surface area contributed by atoms with Crippen molar-refractivity contribution in [2.24, 2.45) is 0 Å². The molecule has 0 aliphatic carbocycles. The van der Waals surface area contributed by atoms with Crippen molar-refractivity contribution >= 4 is 5.82 Å². The maximum absolute atomic E-state index is 5.50. The van der Waals surface area contributed by atoms with Crippen molar-refractivity contribution in [1.82, 2.24) is 20.1 Å². The first kappa shape index (κ1) is 16.9. The third-order valence-electron chi connectivity index (χ3n) is 4.19. The summed E-state index contributed by atoms with van der Waals surface area (Å²) in [5.74, 6) is 2.32. The molecule has 134 valence electrons. The molecule has 0 radical (unpaired) electrons. The summed E-state index contributed by atoms with van der Waals surface area (Å²) in [6.45, 7) is 2.53. The summed E-state index contributed by atoms with van der Waals surface area (Å²) in [7, 11) is 1.98. The van der Waals surface area contributed by atoms with E-state index in [-0.39, 0.29) is 0 Å². The molecule has 0 N–H and O–H groups in total. The van der Waals surface area contributed by atoms with Gasteiger partial charge in [-0.05, 0) is 19.1 Å². The topological polar surface area (TPSA) is 67.9 Å². The summed E-state index contributed by atoms with van der Waals surface area (Å²) < 4.78 is 5.50. The first-order chi connectivity index (χ1) is 13.2. The summed E-state index contributed by atoms with van der Waals surface area (Å²) in [5, 5.41) is 4.15. The Balaban J connectivity index is 1.56. The van der Waals surface area contributed by atoms with E-state index in [0.29, 0.717) is 12.4 Å². The zero-order valence-electron chi connectivity index (χ0n) is 15.2. The Morgan fingerprint density at radius 2 is 1.70 bits per heavy atom. The van der Waals surface area contributed by atoms with Gasteiger partial charge >= 0.3 is 0 Å². The average molecular weight is 357 g/mol. The number of aryl methyl sites for hydroxylation is 1. The second-order valence-corrected chi connectivity index (χ2v) is 6.33. The van der Waals surface area contributed by atoms with Crippen molar-refractivity contribution in [3.05, 3.63) is 78.4 Å². The number of benzene rings is 1. The molecule has 1 aromatic carbocycles. The van der Waals surface area contributed by atoms with E-state index in [9.17, 15) is 0 Å². The van der Waals surface area contributed by atoms with E-state index in [1.807, 2.05) is 73.5 Å². The van der Waals surface area contributed by atoms with E-state index in [0.717, 1.165) is 34.1 Å². The molecule has 0 fully saturated rings. The number of nitrogens with zero attached hydrogens (tertiary/aromatic N) is 5. The van der Waals surface area contributed by atoms with E-state index in [1.54, 1.807) is 12.4 Å². The minimum atomic E-state index is 0.558. The van der Waals surface area contributed by atoms with E-state index in [4.69, 9.17) is 9.51 Å². The highest BCUT2D eigenvalue weighted by Crippen LogP contribution is 2.22.